The van der Waals surface area contributed by atoms with Crippen molar-refractivity contribution in [3.63, 3.8) is 0 Å². The highest BCUT2D eigenvalue weighted by Gasteiger charge is 2.14. The molecule has 0 aromatic carbocycles. The highest BCUT2D eigenvalue weighted by atomic mass is 19.3. The molecule has 0 bridgehead atoms. The van der Waals surface area contributed by atoms with Gasteiger partial charge in [-0.05, 0) is 18.6 Å². The lowest BCUT2D eigenvalue weighted by Crippen LogP contribution is -2.02. The number of pyridine rings is 1. The average Bonchev–Trinajstić information content (AvgIpc) is 2.04. The van der Waals surface area contributed by atoms with Crippen LogP contribution in [0.2, 0.25) is 0 Å². The van der Waals surface area contributed by atoms with E-state index < -0.39 is 12.4 Å². The van der Waals surface area contributed by atoms with Gasteiger partial charge in [-0.2, -0.15) is 0 Å². The molecule has 0 atom stereocenters. The molecular formula is C8H7F2NO2. The van der Waals surface area contributed by atoms with Crippen LogP contribution < -0.4 is 0 Å². The lowest BCUT2D eigenvalue weighted by molar-refractivity contribution is 0.0690. The zero-order chi connectivity index (χ0) is 10.0. The fourth-order valence-corrected chi connectivity index (χ4v) is 0.891. The summed E-state index contributed by atoms with van der Waals surface area (Å²) in [6, 6.07) is 0.891. The molecule has 0 fully saturated rings. The van der Waals surface area contributed by atoms with E-state index in [1.165, 1.54) is 6.92 Å². The van der Waals surface area contributed by atoms with Gasteiger partial charge in [-0.25, -0.2) is 18.6 Å². The lowest BCUT2D eigenvalue weighted by atomic mass is 10.1. The van der Waals surface area contributed by atoms with Crippen molar-refractivity contribution < 1.29 is 18.7 Å². The van der Waals surface area contributed by atoms with Crippen molar-refractivity contribution >= 4 is 5.97 Å². The van der Waals surface area contributed by atoms with E-state index in [1.807, 2.05) is 0 Å². The van der Waals surface area contributed by atoms with E-state index in [1.54, 1.807) is 0 Å². The highest BCUT2D eigenvalue weighted by Crippen LogP contribution is 2.22. The van der Waals surface area contributed by atoms with Gasteiger partial charge in [-0.1, -0.05) is 0 Å². The second kappa shape index (κ2) is 3.47. The molecule has 0 amide bonds. The Bertz CT molecular complexity index is 339. The number of aromatic nitrogens is 1. The molecule has 70 valence electrons. The first-order chi connectivity index (χ1) is 6.02. The van der Waals surface area contributed by atoms with E-state index in [-0.39, 0.29) is 11.3 Å². The predicted octanol–water partition coefficient (Wildman–Crippen LogP) is 2.03. The Kier molecular flexibility index (Phi) is 2.55. The summed E-state index contributed by atoms with van der Waals surface area (Å²) in [5, 5.41) is 8.47. The summed E-state index contributed by atoms with van der Waals surface area (Å²) in [5.41, 5.74) is -0.353. The molecule has 0 radical (unpaired) electrons. The Balaban J connectivity index is 3.19. The number of nitrogens with zero attached hydrogens (tertiary/aromatic N) is 1. The number of aryl methyl sites for hydroxylation is 1. The van der Waals surface area contributed by atoms with Crippen LogP contribution in [0.15, 0.2) is 12.3 Å². The van der Waals surface area contributed by atoms with Gasteiger partial charge >= 0.3 is 5.97 Å². The molecule has 1 N–H and O–H groups in total. The minimum atomic E-state index is -2.67. The fourth-order valence-electron chi connectivity index (χ4n) is 0.891. The van der Waals surface area contributed by atoms with Crippen molar-refractivity contribution in [3.05, 3.63) is 29.1 Å². The fraction of sp³-hybridized carbons (Fsp3) is 0.250. The Morgan fingerprint density at radius 3 is 2.69 bits per heavy atom. The maximum Gasteiger partial charge on any atom is 0.354 e. The molecule has 3 nitrogen and oxygen atoms in total. The highest BCUT2D eigenvalue weighted by molar-refractivity contribution is 5.85. The average molecular weight is 187 g/mol. The molecule has 0 aliphatic carbocycles. The van der Waals surface area contributed by atoms with Crippen LogP contribution in [0.25, 0.3) is 0 Å². The van der Waals surface area contributed by atoms with Gasteiger partial charge in [0.25, 0.3) is 6.43 Å². The van der Waals surface area contributed by atoms with Gasteiger partial charge in [0, 0.05) is 11.8 Å². The van der Waals surface area contributed by atoms with Crippen molar-refractivity contribution in [3.8, 4) is 0 Å². The molecule has 0 unspecified atom stereocenters. The molecule has 0 aliphatic heterocycles. The van der Waals surface area contributed by atoms with Crippen LogP contribution in [0.4, 0.5) is 8.78 Å². The van der Waals surface area contributed by atoms with Gasteiger partial charge < -0.3 is 5.11 Å². The van der Waals surface area contributed by atoms with E-state index in [0.29, 0.717) is 5.56 Å². The van der Waals surface area contributed by atoms with Crippen molar-refractivity contribution in [2.24, 2.45) is 0 Å². The number of rotatable bonds is 2. The number of halogens is 2. The molecule has 5 heteroatoms. The van der Waals surface area contributed by atoms with Crippen molar-refractivity contribution in [1.29, 1.82) is 0 Å². The van der Waals surface area contributed by atoms with Crippen molar-refractivity contribution in [2.45, 2.75) is 13.3 Å². The molecule has 1 heterocycles. The van der Waals surface area contributed by atoms with E-state index in [9.17, 15) is 13.6 Å². The summed E-state index contributed by atoms with van der Waals surface area (Å²) < 4.78 is 24.5. The van der Waals surface area contributed by atoms with Crippen molar-refractivity contribution in [1.82, 2.24) is 4.98 Å². The number of carboxylic acid groups (broad SMARTS) is 1. The van der Waals surface area contributed by atoms with Gasteiger partial charge in [0.05, 0.1) is 0 Å². The summed E-state index contributed by atoms with van der Waals surface area (Å²) in [5.74, 6) is -1.30. The van der Waals surface area contributed by atoms with E-state index in [4.69, 9.17) is 5.11 Å². The Labute approximate surface area is 73.0 Å². The summed E-state index contributed by atoms with van der Waals surface area (Å²) in [6.07, 6.45) is -1.54. The molecule has 0 aliphatic rings. The van der Waals surface area contributed by atoms with E-state index >= 15 is 0 Å². The van der Waals surface area contributed by atoms with Crippen LogP contribution >= 0.6 is 0 Å². The van der Waals surface area contributed by atoms with Gasteiger partial charge in [0.2, 0.25) is 0 Å². The normalized spacial score (nSPS) is 10.5. The zero-order valence-corrected chi connectivity index (χ0v) is 6.79. The maximum absolute atomic E-state index is 12.3. The monoisotopic (exact) mass is 187 g/mol. The lowest BCUT2D eigenvalue weighted by Gasteiger charge is -2.04. The van der Waals surface area contributed by atoms with Crippen molar-refractivity contribution in [2.75, 3.05) is 0 Å². The van der Waals surface area contributed by atoms with Crippen LogP contribution in [-0.4, -0.2) is 16.1 Å². The first kappa shape index (κ1) is 9.57. The zero-order valence-electron chi connectivity index (χ0n) is 6.79. The van der Waals surface area contributed by atoms with Crippen LogP contribution in [-0.2, 0) is 0 Å². The number of hydrogen-bond donors (Lipinski definition) is 1. The molecule has 0 spiro atoms. The summed E-state index contributed by atoms with van der Waals surface area (Å²) in [6.45, 7) is 1.46. The summed E-state index contributed by atoms with van der Waals surface area (Å²) >= 11 is 0. The first-order valence-electron chi connectivity index (χ1n) is 3.50. The Morgan fingerprint density at radius 2 is 2.23 bits per heavy atom. The molecular weight excluding hydrogens is 180 g/mol. The van der Waals surface area contributed by atoms with Crippen LogP contribution in [0.5, 0.6) is 0 Å². The maximum atomic E-state index is 12.3. The van der Waals surface area contributed by atoms with Gasteiger partial charge in [0.15, 0.2) is 0 Å². The third kappa shape index (κ3) is 1.99. The standard InChI is InChI=1S/C8H7F2NO2/c1-4-3-11-6(8(12)13)2-5(4)7(9)10/h2-3,7H,1H3,(H,12,13). The molecule has 13 heavy (non-hydrogen) atoms. The second-order valence-corrected chi connectivity index (χ2v) is 2.53. The van der Waals surface area contributed by atoms with E-state index in [2.05, 4.69) is 4.98 Å². The number of aromatic carboxylic acids is 1. The van der Waals surface area contributed by atoms with Crippen LogP contribution in [0.3, 0.4) is 0 Å². The summed E-state index contributed by atoms with van der Waals surface area (Å²) in [4.78, 5) is 13.9. The molecule has 1 aromatic heterocycles. The quantitative estimate of drug-likeness (QED) is 0.770. The SMILES string of the molecule is Cc1cnc(C(=O)O)cc1C(F)F. The molecule has 0 saturated heterocycles. The number of hydrogen-bond acceptors (Lipinski definition) is 2. The third-order valence-corrected chi connectivity index (χ3v) is 1.60. The largest absolute Gasteiger partial charge is 0.477 e. The Morgan fingerprint density at radius 1 is 1.62 bits per heavy atom. The molecule has 0 saturated carbocycles. The molecule has 1 rings (SSSR count). The second-order valence-electron chi connectivity index (χ2n) is 2.53. The number of carbonyl (C=O) groups is 1. The molecule has 1 aromatic rings. The van der Waals surface area contributed by atoms with E-state index in [0.717, 1.165) is 12.3 Å². The minimum Gasteiger partial charge on any atom is -0.477 e. The van der Waals surface area contributed by atoms with Crippen LogP contribution in [0, 0.1) is 6.92 Å². The topological polar surface area (TPSA) is 50.2 Å². The van der Waals surface area contributed by atoms with Gasteiger partial charge in [-0.15, -0.1) is 0 Å². The number of alkyl halides is 2. The van der Waals surface area contributed by atoms with Gasteiger partial charge in [-0.3, -0.25) is 0 Å². The summed E-state index contributed by atoms with van der Waals surface area (Å²) in [7, 11) is 0. The Hall–Kier alpha value is -1.52. The third-order valence-electron chi connectivity index (χ3n) is 1.60. The number of carboxylic acids is 1. The predicted molar refractivity (Wildman–Crippen MR) is 40.9 cm³/mol. The van der Waals surface area contributed by atoms with Gasteiger partial charge in [0.1, 0.15) is 5.69 Å². The van der Waals surface area contributed by atoms with Crippen LogP contribution in [0.1, 0.15) is 28.0 Å². The smallest absolute Gasteiger partial charge is 0.354 e. The minimum absolute atomic E-state index is 0.285. The first-order valence-corrected chi connectivity index (χ1v) is 3.50.